The number of nitrogens with zero attached hydrogens (tertiary/aromatic N) is 1. The van der Waals surface area contributed by atoms with E-state index in [2.05, 4.69) is 10.6 Å². The van der Waals surface area contributed by atoms with E-state index < -0.39 is 23.2 Å². The van der Waals surface area contributed by atoms with Crippen molar-refractivity contribution in [1.29, 1.82) is 0 Å². The molecule has 25 heavy (non-hydrogen) atoms. The number of hydrogen-bond acceptors (Lipinski definition) is 2. The Kier molecular flexibility index (Phi) is 4.35. The maximum Gasteiger partial charge on any atom is 0.417 e. The van der Waals surface area contributed by atoms with Crippen molar-refractivity contribution in [3.05, 3.63) is 59.7 Å². The van der Waals surface area contributed by atoms with Gasteiger partial charge in [-0.1, -0.05) is 18.2 Å². The fourth-order valence-corrected chi connectivity index (χ4v) is 2.60. The van der Waals surface area contributed by atoms with E-state index in [1.54, 1.807) is 24.3 Å². The van der Waals surface area contributed by atoms with Crippen molar-refractivity contribution in [3.63, 3.8) is 0 Å². The summed E-state index contributed by atoms with van der Waals surface area (Å²) in [6.45, 7) is 0.988. The summed E-state index contributed by atoms with van der Waals surface area (Å²) < 4.78 is 39.1. The number of rotatable bonds is 3. The number of alkyl halides is 3. The number of benzene rings is 2. The molecule has 0 spiro atoms. The van der Waals surface area contributed by atoms with Gasteiger partial charge in [0.05, 0.1) is 11.1 Å². The van der Waals surface area contributed by atoms with Gasteiger partial charge in [-0.05, 0) is 30.3 Å². The lowest BCUT2D eigenvalue weighted by atomic mass is 10.1. The molecule has 1 saturated heterocycles. The first-order chi connectivity index (χ1) is 11.9. The smallest absolute Gasteiger partial charge is 0.336 e. The van der Waals surface area contributed by atoms with Gasteiger partial charge < -0.3 is 10.6 Å². The van der Waals surface area contributed by atoms with Crippen LogP contribution in [0.1, 0.15) is 15.9 Å². The molecule has 0 aliphatic carbocycles. The van der Waals surface area contributed by atoms with Crippen molar-refractivity contribution >= 4 is 23.3 Å². The standard InChI is InChI=1S/C17H14F3N3O2/c18-17(19,20)14-7-2-1-6-13(14)15(24)22-11-4-3-5-12(10-11)23-9-8-21-16(23)25/h1-7,10H,8-9H2,(H,21,25)(H,22,24). The lowest BCUT2D eigenvalue weighted by Gasteiger charge is -2.16. The van der Waals surface area contributed by atoms with Crippen LogP contribution >= 0.6 is 0 Å². The van der Waals surface area contributed by atoms with Crippen molar-refractivity contribution < 1.29 is 22.8 Å². The Morgan fingerprint density at radius 3 is 2.56 bits per heavy atom. The zero-order valence-corrected chi connectivity index (χ0v) is 12.9. The first kappa shape index (κ1) is 16.8. The second-order valence-corrected chi connectivity index (χ2v) is 5.43. The Bertz CT molecular complexity index is 821. The van der Waals surface area contributed by atoms with Gasteiger partial charge in [0.15, 0.2) is 0 Å². The third-order valence-electron chi connectivity index (χ3n) is 3.75. The van der Waals surface area contributed by atoms with E-state index in [0.29, 0.717) is 24.5 Å². The molecular formula is C17H14F3N3O2. The number of carbonyl (C=O) groups is 2. The van der Waals surface area contributed by atoms with Gasteiger partial charge in [0.2, 0.25) is 0 Å². The average molecular weight is 349 g/mol. The van der Waals surface area contributed by atoms with Gasteiger partial charge in [-0.3, -0.25) is 9.69 Å². The second-order valence-electron chi connectivity index (χ2n) is 5.43. The van der Waals surface area contributed by atoms with Crippen molar-refractivity contribution in [2.24, 2.45) is 0 Å². The van der Waals surface area contributed by atoms with Crippen LogP contribution in [0.4, 0.5) is 29.3 Å². The number of hydrogen-bond donors (Lipinski definition) is 2. The quantitative estimate of drug-likeness (QED) is 0.891. The molecule has 2 aromatic carbocycles. The molecule has 1 heterocycles. The van der Waals surface area contributed by atoms with Crippen molar-refractivity contribution in [3.8, 4) is 0 Å². The van der Waals surface area contributed by atoms with Crippen LogP contribution in [0.2, 0.25) is 0 Å². The van der Waals surface area contributed by atoms with Crippen LogP contribution in [0.15, 0.2) is 48.5 Å². The minimum atomic E-state index is -4.62. The van der Waals surface area contributed by atoms with Crippen LogP contribution in [0, 0.1) is 0 Å². The summed E-state index contributed by atoms with van der Waals surface area (Å²) in [6, 6.07) is 10.7. The molecule has 2 N–H and O–H groups in total. The van der Waals surface area contributed by atoms with Gasteiger partial charge in [0.1, 0.15) is 0 Å². The normalized spacial score (nSPS) is 14.4. The van der Waals surface area contributed by atoms with E-state index >= 15 is 0 Å². The predicted molar refractivity (Wildman–Crippen MR) is 86.6 cm³/mol. The highest BCUT2D eigenvalue weighted by Crippen LogP contribution is 2.32. The molecule has 0 aromatic heterocycles. The Hall–Kier alpha value is -3.03. The summed E-state index contributed by atoms with van der Waals surface area (Å²) in [5.74, 6) is -0.865. The zero-order valence-electron chi connectivity index (χ0n) is 12.9. The summed E-state index contributed by atoms with van der Waals surface area (Å²) in [4.78, 5) is 25.4. The molecule has 3 rings (SSSR count). The highest BCUT2D eigenvalue weighted by molar-refractivity contribution is 6.06. The maximum absolute atomic E-state index is 13.0. The Morgan fingerprint density at radius 1 is 1.12 bits per heavy atom. The molecule has 1 fully saturated rings. The molecule has 3 amide bonds. The largest absolute Gasteiger partial charge is 0.417 e. The highest BCUT2D eigenvalue weighted by Gasteiger charge is 2.34. The van der Waals surface area contributed by atoms with Gasteiger partial charge in [-0.25, -0.2) is 4.79 Å². The van der Waals surface area contributed by atoms with Crippen LogP contribution in [0.3, 0.4) is 0 Å². The zero-order chi connectivity index (χ0) is 18.0. The molecule has 0 saturated carbocycles. The van der Waals surface area contributed by atoms with Crippen molar-refractivity contribution in [2.45, 2.75) is 6.18 Å². The molecule has 0 atom stereocenters. The number of urea groups is 1. The summed E-state index contributed by atoms with van der Waals surface area (Å²) in [6.07, 6.45) is -4.62. The number of carbonyl (C=O) groups excluding carboxylic acids is 2. The molecule has 5 nitrogen and oxygen atoms in total. The maximum atomic E-state index is 13.0. The molecule has 0 bridgehead atoms. The number of halogens is 3. The Labute approximate surface area is 141 Å². The average Bonchev–Trinajstić information content (AvgIpc) is 3.00. The van der Waals surface area contributed by atoms with Crippen molar-refractivity contribution in [1.82, 2.24) is 5.32 Å². The summed E-state index contributed by atoms with van der Waals surface area (Å²) in [7, 11) is 0. The minimum absolute atomic E-state index is 0.258. The lowest BCUT2D eigenvalue weighted by molar-refractivity contribution is -0.137. The minimum Gasteiger partial charge on any atom is -0.336 e. The van der Waals surface area contributed by atoms with Crippen LogP contribution in [-0.2, 0) is 6.18 Å². The summed E-state index contributed by atoms with van der Waals surface area (Å²) in [5, 5.41) is 5.10. The molecule has 8 heteroatoms. The molecule has 1 aliphatic heterocycles. The summed E-state index contributed by atoms with van der Waals surface area (Å²) >= 11 is 0. The molecule has 0 unspecified atom stereocenters. The number of anilines is 2. The van der Waals surface area contributed by atoms with E-state index in [9.17, 15) is 22.8 Å². The molecule has 0 radical (unpaired) electrons. The van der Waals surface area contributed by atoms with Crippen LogP contribution in [0.25, 0.3) is 0 Å². The van der Waals surface area contributed by atoms with Gasteiger partial charge in [-0.15, -0.1) is 0 Å². The fraction of sp³-hybridized carbons (Fsp3) is 0.176. The third kappa shape index (κ3) is 3.57. The van der Waals surface area contributed by atoms with Crippen molar-refractivity contribution in [2.75, 3.05) is 23.3 Å². The predicted octanol–water partition coefficient (Wildman–Crippen LogP) is 3.49. The van der Waals surface area contributed by atoms with Gasteiger partial charge >= 0.3 is 12.2 Å². The van der Waals surface area contributed by atoms with E-state index in [-0.39, 0.29) is 6.03 Å². The molecule has 130 valence electrons. The molecule has 1 aliphatic rings. The first-order valence-electron chi connectivity index (χ1n) is 7.49. The third-order valence-corrected chi connectivity index (χ3v) is 3.75. The van der Waals surface area contributed by atoms with Gasteiger partial charge in [-0.2, -0.15) is 13.2 Å². The van der Waals surface area contributed by atoms with Gasteiger partial charge in [0.25, 0.3) is 5.91 Å². The highest BCUT2D eigenvalue weighted by atomic mass is 19.4. The van der Waals surface area contributed by atoms with E-state index in [4.69, 9.17) is 0 Å². The number of amides is 3. The second kappa shape index (κ2) is 6.46. The molecular weight excluding hydrogens is 335 g/mol. The topological polar surface area (TPSA) is 61.4 Å². The Morgan fingerprint density at radius 2 is 1.88 bits per heavy atom. The lowest BCUT2D eigenvalue weighted by Crippen LogP contribution is -2.27. The first-order valence-corrected chi connectivity index (χ1v) is 7.49. The van der Waals surface area contributed by atoms with Gasteiger partial charge in [0, 0.05) is 24.5 Å². The van der Waals surface area contributed by atoms with E-state index in [1.807, 2.05) is 0 Å². The SMILES string of the molecule is O=C(Nc1cccc(N2CCNC2=O)c1)c1ccccc1C(F)(F)F. The monoisotopic (exact) mass is 349 g/mol. The fourth-order valence-electron chi connectivity index (χ4n) is 2.60. The van der Waals surface area contributed by atoms with Crippen LogP contribution < -0.4 is 15.5 Å². The van der Waals surface area contributed by atoms with Crippen LogP contribution in [0.5, 0.6) is 0 Å². The Balaban J connectivity index is 1.84. The van der Waals surface area contributed by atoms with E-state index in [0.717, 1.165) is 12.1 Å². The van der Waals surface area contributed by atoms with E-state index in [1.165, 1.54) is 17.0 Å². The number of nitrogens with one attached hydrogen (secondary N) is 2. The molecule has 2 aromatic rings. The summed E-state index contributed by atoms with van der Waals surface area (Å²) in [5.41, 5.74) is -0.599. The van der Waals surface area contributed by atoms with Crippen LogP contribution in [-0.4, -0.2) is 25.0 Å².